The Kier molecular flexibility index (Phi) is 6.00. The summed E-state index contributed by atoms with van der Waals surface area (Å²) >= 11 is 1.60. The highest BCUT2D eigenvalue weighted by Gasteiger charge is 2.13. The number of halogens is 1. The molecule has 0 bridgehead atoms. The Morgan fingerprint density at radius 3 is 2.56 bits per heavy atom. The molecule has 5 nitrogen and oxygen atoms in total. The van der Waals surface area contributed by atoms with Crippen molar-refractivity contribution in [3.8, 4) is 17.1 Å². The first-order valence-electron chi connectivity index (χ1n) is 8.12. The van der Waals surface area contributed by atoms with Gasteiger partial charge in [0.05, 0.1) is 6.61 Å². The van der Waals surface area contributed by atoms with Crippen molar-refractivity contribution in [1.29, 1.82) is 0 Å². The van der Waals surface area contributed by atoms with Crippen LogP contribution in [-0.4, -0.2) is 32.1 Å². The summed E-state index contributed by atoms with van der Waals surface area (Å²) in [6.45, 7) is 3.49. The maximum atomic E-state index is 12.9. The van der Waals surface area contributed by atoms with Gasteiger partial charge in [0.2, 0.25) is 0 Å². The molecule has 130 valence electrons. The molecule has 3 rings (SSSR count). The molecule has 1 aromatic carbocycles. The van der Waals surface area contributed by atoms with Gasteiger partial charge in [0.1, 0.15) is 11.6 Å². The second-order valence-electron chi connectivity index (χ2n) is 5.34. The van der Waals surface area contributed by atoms with Crippen molar-refractivity contribution in [1.82, 2.24) is 19.7 Å². The predicted octanol–water partition coefficient (Wildman–Crippen LogP) is 4.06. The topological polar surface area (TPSA) is 52.8 Å². The Morgan fingerprint density at radius 1 is 1.08 bits per heavy atom. The molecule has 0 aliphatic rings. The van der Waals surface area contributed by atoms with Crippen LogP contribution in [-0.2, 0) is 6.54 Å². The molecule has 0 aliphatic heterocycles. The molecular formula is C18H19FN4OS. The van der Waals surface area contributed by atoms with E-state index in [1.807, 2.05) is 12.1 Å². The lowest BCUT2D eigenvalue weighted by atomic mass is 10.2. The summed E-state index contributed by atoms with van der Waals surface area (Å²) in [7, 11) is 0. The molecule has 0 saturated carbocycles. The van der Waals surface area contributed by atoms with Crippen LogP contribution in [0.15, 0.2) is 53.9 Å². The lowest BCUT2D eigenvalue weighted by Gasteiger charge is -2.09. The van der Waals surface area contributed by atoms with Crippen molar-refractivity contribution in [3.63, 3.8) is 0 Å². The van der Waals surface area contributed by atoms with E-state index >= 15 is 0 Å². The van der Waals surface area contributed by atoms with Gasteiger partial charge < -0.3 is 9.30 Å². The van der Waals surface area contributed by atoms with Gasteiger partial charge in [0.15, 0.2) is 11.0 Å². The van der Waals surface area contributed by atoms with Gasteiger partial charge in [-0.15, -0.1) is 10.2 Å². The Morgan fingerprint density at radius 2 is 1.84 bits per heavy atom. The van der Waals surface area contributed by atoms with E-state index in [2.05, 4.69) is 26.7 Å². The van der Waals surface area contributed by atoms with Crippen molar-refractivity contribution >= 4 is 11.8 Å². The molecule has 0 aliphatic carbocycles. The number of pyridine rings is 1. The lowest BCUT2D eigenvalue weighted by molar-refractivity contribution is 0.343. The highest BCUT2D eigenvalue weighted by Crippen LogP contribution is 2.24. The number of aromatic nitrogens is 4. The van der Waals surface area contributed by atoms with E-state index in [1.165, 1.54) is 12.1 Å². The van der Waals surface area contributed by atoms with Crippen LogP contribution in [0.4, 0.5) is 4.39 Å². The molecule has 0 N–H and O–H groups in total. The third-order valence-corrected chi connectivity index (χ3v) is 4.43. The third-order valence-electron chi connectivity index (χ3n) is 3.50. The summed E-state index contributed by atoms with van der Waals surface area (Å²) in [6.07, 6.45) is 4.50. The smallest absolute Gasteiger partial charge is 0.191 e. The molecule has 0 saturated heterocycles. The Hall–Kier alpha value is -2.41. The number of hydrogen-bond donors (Lipinski definition) is 0. The number of hydrogen-bond acceptors (Lipinski definition) is 5. The van der Waals surface area contributed by atoms with E-state index in [0.717, 1.165) is 35.3 Å². The molecule has 7 heteroatoms. The van der Waals surface area contributed by atoms with E-state index in [0.29, 0.717) is 12.4 Å². The molecule has 0 unspecified atom stereocenters. The second kappa shape index (κ2) is 8.62. The van der Waals surface area contributed by atoms with Crippen LogP contribution in [0.2, 0.25) is 0 Å². The number of ether oxygens (including phenoxy) is 1. The first-order valence-corrected chi connectivity index (χ1v) is 9.11. The van der Waals surface area contributed by atoms with Gasteiger partial charge in [0.25, 0.3) is 0 Å². The van der Waals surface area contributed by atoms with Gasteiger partial charge in [0, 0.05) is 30.3 Å². The molecule has 2 heterocycles. The molecule has 2 aromatic heterocycles. The average molecular weight is 358 g/mol. The monoisotopic (exact) mass is 358 g/mol. The lowest BCUT2D eigenvalue weighted by Crippen LogP contribution is -2.04. The normalized spacial score (nSPS) is 10.8. The van der Waals surface area contributed by atoms with Gasteiger partial charge in [-0.2, -0.15) is 0 Å². The summed E-state index contributed by atoms with van der Waals surface area (Å²) < 4.78 is 20.6. The SMILES string of the molecule is CCCn1c(SCCOc2ccc(F)cc2)nnc1-c1ccncc1. The molecule has 0 atom stereocenters. The van der Waals surface area contributed by atoms with Crippen LogP contribution < -0.4 is 4.74 Å². The summed E-state index contributed by atoms with van der Waals surface area (Å²) in [5, 5.41) is 9.52. The average Bonchev–Trinajstić information content (AvgIpc) is 3.04. The van der Waals surface area contributed by atoms with Gasteiger partial charge in [-0.3, -0.25) is 4.98 Å². The number of rotatable bonds is 8. The molecule has 3 aromatic rings. The summed E-state index contributed by atoms with van der Waals surface area (Å²) in [5.41, 5.74) is 1.00. The van der Waals surface area contributed by atoms with E-state index < -0.39 is 0 Å². The quantitative estimate of drug-likeness (QED) is 0.449. The largest absolute Gasteiger partial charge is 0.493 e. The number of nitrogens with zero attached hydrogens (tertiary/aromatic N) is 4. The minimum atomic E-state index is -0.266. The van der Waals surface area contributed by atoms with Crippen molar-refractivity contribution in [3.05, 3.63) is 54.6 Å². The van der Waals surface area contributed by atoms with E-state index in [9.17, 15) is 4.39 Å². The molecule has 0 radical (unpaired) electrons. The first kappa shape index (κ1) is 17.4. The van der Waals surface area contributed by atoms with Gasteiger partial charge in [-0.05, 0) is 42.8 Å². The Bertz CT molecular complexity index is 793. The number of thioether (sulfide) groups is 1. The van der Waals surface area contributed by atoms with Crippen molar-refractivity contribution in [2.75, 3.05) is 12.4 Å². The van der Waals surface area contributed by atoms with E-state index in [-0.39, 0.29) is 5.82 Å². The fourth-order valence-corrected chi connectivity index (χ4v) is 3.14. The van der Waals surface area contributed by atoms with E-state index in [1.54, 1.807) is 36.3 Å². The van der Waals surface area contributed by atoms with Crippen molar-refractivity contribution < 1.29 is 9.13 Å². The van der Waals surface area contributed by atoms with Crippen LogP contribution in [0.25, 0.3) is 11.4 Å². The maximum absolute atomic E-state index is 12.9. The zero-order chi connectivity index (χ0) is 17.5. The molecule has 0 spiro atoms. The molecule has 0 fully saturated rings. The molecule has 0 amide bonds. The number of benzene rings is 1. The van der Waals surface area contributed by atoms with Gasteiger partial charge >= 0.3 is 0 Å². The summed E-state index contributed by atoms with van der Waals surface area (Å²) in [6, 6.07) is 9.90. The highest BCUT2D eigenvalue weighted by atomic mass is 32.2. The molecular weight excluding hydrogens is 339 g/mol. The van der Waals surface area contributed by atoms with Crippen LogP contribution in [0.1, 0.15) is 13.3 Å². The predicted molar refractivity (Wildman–Crippen MR) is 96.2 cm³/mol. The van der Waals surface area contributed by atoms with Crippen LogP contribution >= 0.6 is 11.8 Å². The van der Waals surface area contributed by atoms with Crippen LogP contribution in [0, 0.1) is 5.82 Å². The minimum absolute atomic E-state index is 0.266. The Balaban J connectivity index is 1.62. The zero-order valence-corrected chi connectivity index (χ0v) is 14.7. The van der Waals surface area contributed by atoms with Crippen LogP contribution in [0.3, 0.4) is 0 Å². The highest BCUT2D eigenvalue weighted by molar-refractivity contribution is 7.99. The summed E-state index contributed by atoms with van der Waals surface area (Å²) in [5.74, 6) is 1.98. The third kappa shape index (κ3) is 4.57. The Labute approximate surface area is 150 Å². The van der Waals surface area contributed by atoms with E-state index in [4.69, 9.17) is 4.74 Å². The van der Waals surface area contributed by atoms with Crippen molar-refractivity contribution in [2.24, 2.45) is 0 Å². The fraction of sp³-hybridized carbons (Fsp3) is 0.278. The fourth-order valence-electron chi connectivity index (χ4n) is 2.36. The van der Waals surface area contributed by atoms with Crippen LogP contribution in [0.5, 0.6) is 5.75 Å². The summed E-state index contributed by atoms with van der Waals surface area (Å²) in [4.78, 5) is 4.05. The molecule has 25 heavy (non-hydrogen) atoms. The van der Waals surface area contributed by atoms with Gasteiger partial charge in [-0.25, -0.2) is 4.39 Å². The van der Waals surface area contributed by atoms with Gasteiger partial charge in [-0.1, -0.05) is 18.7 Å². The maximum Gasteiger partial charge on any atom is 0.191 e. The van der Waals surface area contributed by atoms with Crippen molar-refractivity contribution in [2.45, 2.75) is 25.0 Å². The first-order chi connectivity index (χ1) is 12.3. The second-order valence-corrected chi connectivity index (χ2v) is 6.41. The minimum Gasteiger partial charge on any atom is -0.493 e. The standard InChI is InChI=1S/C18H19FN4OS/c1-2-11-23-17(14-7-9-20-10-8-14)21-22-18(23)25-13-12-24-16-5-3-15(19)4-6-16/h3-10H,2,11-13H2,1H3. The zero-order valence-electron chi connectivity index (χ0n) is 13.9.